The number of fused-ring (bicyclic) bond motifs is 1. The average Bonchev–Trinajstić information content (AvgIpc) is 2.12. The second-order valence-corrected chi connectivity index (χ2v) is 3.16. The van der Waals surface area contributed by atoms with Crippen molar-refractivity contribution in [2.45, 2.75) is 0 Å². The molecular weight excluding hydrogens is 205 g/mol. The number of aryl methyl sites for hydroxylation is 1. The Hall–Kier alpha value is -0.790. The fourth-order valence-electron chi connectivity index (χ4n) is 1.32. The lowest BCUT2D eigenvalue weighted by atomic mass is 10.2. The van der Waals surface area contributed by atoms with Gasteiger partial charge in [-0.2, -0.15) is 4.57 Å². The predicted molar refractivity (Wildman–Crippen MR) is 50.1 cm³/mol. The van der Waals surface area contributed by atoms with E-state index in [4.69, 9.17) is 11.6 Å². The molecule has 1 heterocycles. The Kier molecular flexibility index (Phi) is 3.12. The lowest BCUT2D eigenvalue weighted by Gasteiger charge is -1.96. The summed E-state index contributed by atoms with van der Waals surface area (Å²) in [5.41, 5.74) is 1.16. The second-order valence-electron chi connectivity index (χ2n) is 2.77. The van der Waals surface area contributed by atoms with E-state index in [9.17, 15) is 0 Å². The summed E-state index contributed by atoms with van der Waals surface area (Å²) in [7, 11) is 1.96. The first-order chi connectivity index (χ1) is 5.79. The molecule has 0 aliphatic rings. The molecule has 68 valence electrons. The molecule has 0 atom stereocenters. The number of rotatable bonds is 0. The van der Waals surface area contributed by atoms with Crippen LogP contribution >= 0.6 is 11.6 Å². The fourth-order valence-corrected chi connectivity index (χ4v) is 1.47. The molecule has 1 aromatic carbocycles. The van der Waals surface area contributed by atoms with Gasteiger partial charge in [0.25, 0.3) is 5.15 Å². The van der Waals surface area contributed by atoms with Crippen LogP contribution in [-0.2, 0) is 7.05 Å². The standard InChI is InChI=1S/C10H9ClN.ClH/c1-12-9-5-3-2-4-8(9)6-7-10(12)11;/h2-7H,1H3;1H/q+1;/p-1. The van der Waals surface area contributed by atoms with Gasteiger partial charge >= 0.3 is 0 Å². The van der Waals surface area contributed by atoms with Crippen molar-refractivity contribution < 1.29 is 17.0 Å². The number of pyridine rings is 1. The third kappa shape index (κ3) is 1.77. The first-order valence-corrected chi connectivity index (χ1v) is 4.20. The SMILES string of the molecule is C[n+]1c(Cl)ccc2ccccc21.[Cl-]. The molecule has 0 bridgehead atoms. The molecule has 13 heavy (non-hydrogen) atoms. The highest BCUT2D eigenvalue weighted by atomic mass is 35.5. The first kappa shape index (κ1) is 10.3. The summed E-state index contributed by atoms with van der Waals surface area (Å²) in [6.45, 7) is 0. The zero-order valence-electron chi connectivity index (χ0n) is 7.17. The minimum absolute atomic E-state index is 0. The molecule has 0 saturated heterocycles. The van der Waals surface area contributed by atoms with Crippen LogP contribution in [0.2, 0.25) is 5.15 Å². The second kappa shape index (κ2) is 3.95. The Bertz CT molecular complexity index is 426. The molecule has 3 heteroatoms. The topological polar surface area (TPSA) is 3.88 Å². The Morgan fingerprint density at radius 2 is 1.77 bits per heavy atom. The summed E-state index contributed by atoms with van der Waals surface area (Å²) in [6.07, 6.45) is 0. The number of para-hydroxylation sites is 1. The Morgan fingerprint density at radius 1 is 1.08 bits per heavy atom. The third-order valence-electron chi connectivity index (χ3n) is 2.02. The van der Waals surface area contributed by atoms with Gasteiger partial charge in [0, 0.05) is 17.5 Å². The van der Waals surface area contributed by atoms with E-state index in [-0.39, 0.29) is 12.4 Å². The molecule has 0 spiro atoms. The van der Waals surface area contributed by atoms with E-state index >= 15 is 0 Å². The molecule has 0 aliphatic carbocycles. The van der Waals surface area contributed by atoms with Gasteiger partial charge in [-0.3, -0.25) is 0 Å². The lowest BCUT2D eigenvalue weighted by Crippen LogP contribution is -3.00. The smallest absolute Gasteiger partial charge is 0.275 e. The van der Waals surface area contributed by atoms with Crippen LogP contribution in [0.5, 0.6) is 0 Å². The van der Waals surface area contributed by atoms with Gasteiger partial charge in [-0.15, -0.1) is 0 Å². The molecule has 0 amide bonds. The van der Waals surface area contributed by atoms with Gasteiger partial charge in [0.05, 0.1) is 0 Å². The van der Waals surface area contributed by atoms with Gasteiger partial charge < -0.3 is 12.4 Å². The molecule has 0 fully saturated rings. The number of hydrogen-bond acceptors (Lipinski definition) is 0. The highest BCUT2D eigenvalue weighted by Gasteiger charge is 2.06. The maximum absolute atomic E-state index is 5.95. The van der Waals surface area contributed by atoms with E-state index in [1.807, 2.05) is 35.9 Å². The molecule has 0 aliphatic heterocycles. The van der Waals surface area contributed by atoms with E-state index in [0.29, 0.717) is 0 Å². The largest absolute Gasteiger partial charge is 1.00 e. The number of nitrogens with zero attached hydrogens (tertiary/aromatic N) is 1. The first-order valence-electron chi connectivity index (χ1n) is 3.82. The normalized spacial score (nSPS) is 9.69. The van der Waals surface area contributed by atoms with Crippen LogP contribution < -0.4 is 17.0 Å². The number of hydrogen-bond donors (Lipinski definition) is 0. The summed E-state index contributed by atoms with van der Waals surface area (Å²) in [5.74, 6) is 0. The maximum atomic E-state index is 5.95. The van der Waals surface area contributed by atoms with Crippen molar-refractivity contribution in [3.8, 4) is 0 Å². The Balaban J connectivity index is 0.000000845. The van der Waals surface area contributed by atoms with Crippen molar-refractivity contribution in [2.75, 3.05) is 0 Å². The van der Waals surface area contributed by atoms with E-state index in [0.717, 1.165) is 10.7 Å². The monoisotopic (exact) mass is 213 g/mol. The molecule has 1 aromatic heterocycles. The van der Waals surface area contributed by atoms with Crippen molar-refractivity contribution >= 4 is 22.5 Å². The van der Waals surface area contributed by atoms with Crippen LogP contribution in [0.15, 0.2) is 36.4 Å². The summed E-state index contributed by atoms with van der Waals surface area (Å²) in [6, 6.07) is 12.1. The minimum atomic E-state index is 0. The third-order valence-corrected chi connectivity index (χ3v) is 2.40. The van der Waals surface area contributed by atoms with E-state index in [2.05, 4.69) is 12.1 Å². The molecule has 0 unspecified atom stereocenters. The quantitative estimate of drug-likeness (QED) is 0.404. The fraction of sp³-hybridized carbons (Fsp3) is 0.100. The number of halogens is 2. The highest BCUT2D eigenvalue weighted by molar-refractivity contribution is 6.28. The minimum Gasteiger partial charge on any atom is -1.00 e. The van der Waals surface area contributed by atoms with E-state index < -0.39 is 0 Å². The van der Waals surface area contributed by atoms with Gasteiger partial charge in [0.15, 0.2) is 0 Å². The molecule has 2 aromatic rings. The van der Waals surface area contributed by atoms with Crippen LogP contribution in [-0.4, -0.2) is 0 Å². The predicted octanol–water partition coefficient (Wildman–Crippen LogP) is -0.678. The molecular formula is C10H9Cl2N. The zero-order chi connectivity index (χ0) is 8.55. The van der Waals surface area contributed by atoms with Gasteiger partial charge in [-0.1, -0.05) is 12.1 Å². The maximum Gasteiger partial charge on any atom is 0.275 e. The molecule has 2 rings (SSSR count). The highest BCUT2D eigenvalue weighted by Crippen LogP contribution is 2.11. The van der Waals surface area contributed by atoms with Gasteiger partial charge in [-0.25, -0.2) is 0 Å². The van der Waals surface area contributed by atoms with Crippen LogP contribution in [0, 0.1) is 0 Å². The van der Waals surface area contributed by atoms with Crippen molar-refractivity contribution in [3.05, 3.63) is 41.6 Å². The van der Waals surface area contributed by atoms with E-state index in [1.165, 1.54) is 5.39 Å². The lowest BCUT2D eigenvalue weighted by molar-refractivity contribution is -0.642. The number of aromatic nitrogens is 1. The molecule has 0 N–H and O–H groups in total. The van der Waals surface area contributed by atoms with Crippen molar-refractivity contribution in [1.82, 2.24) is 0 Å². The molecule has 0 saturated carbocycles. The molecule has 0 radical (unpaired) electrons. The van der Waals surface area contributed by atoms with Gasteiger partial charge in [-0.05, 0) is 23.7 Å². The summed E-state index contributed by atoms with van der Waals surface area (Å²) in [4.78, 5) is 0. The number of benzene rings is 1. The van der Waals surface area contributed by atoms with Crippen LogP contribution in [0.4, 0.5) is 0 Å². The van der Waals surface area contributed by atoms with Crippen molar-refractivity contribution in [2.24, 2.45) is 7.05 Å². The Morgan fingerprint density at radius 3 is 2.54 bits per heavy atom. The van der Waals surface area contributed by atoms with Crippen LogP contribution in [0.1, 0.15) is 0 Å². The Labute approximate surface area is 88.4 Å². The van der Waals surface area contributed by atoms with Crippen molar-refractivity contribution in [3.63, 3.8) is 0 Å². The zero-order valence-corrected chi connectivity index (χ0v) is 8.68. The average molecular weight is 214 g/mol. The van der Waals surface area contributed by atoms with Crippen LogP contribution in [0.25, 0.3) is 10.9 Å². The summed E-state index contributed by atoms with van der Waals surface area (Å²) < 4.78 is 1.97. The molecule has 1 nitrogen and oxygen atoms in total. The van der Waals surface area contributed by atoms with E-state index in [1.54, 1.807) is 0 Å². The van der Waals surface area contributed by atoms with Crippen LogP contribution in [0.3, 0.4) is 0 Å². The van der Waals surface area contributed by atoms with Gasteiger partial charge in [0.1, 0.15) is 7.05 Å². The summed E-state index contributed by atoms with van der Waals surface area (Å²) in [5, 5.41) is 1.97. The van der Waals surface area contributed by atoms with Gasteiger partial charge in [0.2, 0.25) is 5.52 Å². The van der Waals surface area contributed by atoms with Crippen molar-refractivity contribution in [1.29, 1.82) is 0 Å². The summed E-state index contributed by atoms with van der Waals surface area (Å²) >= 11 is 5.95.